The molecule has 0 spiro atoms. The van der Waals surface area contributed by atoms with E-state index in [0.29, 0.717) is 5.69 Å². The van der Waals surface area contributed by atoms with Gasteiger partial charge in [0.1, 0.15) is 0 Å². The predicted octanol–water partition coefficient (Wildman–Crippen LogP) is 2.02. The first kappa shape index (κ1) is 17.9. The molecule has 1 atom stereocenters. The van der Waals surface area contributed by atoms with Crippen molar-refractivity contribution in [2.75, 3.05) is 5.32 Å². The summed E-state index contributed by atoms with van der Waals surface area (Å²) < 4.78 is 18.2. The number of ether oxygens (including phenoxy) is 1. The Morgan fingerprint density at radius 2 is 2.04 bits per heavy atom. The molecule has 10 heteroatoms. The second-order valence-electron chi connectivity index (χ2n) is 5.00. The Kier molecular flexibility index (Phi) is 5.32. The molecule has 0 aliphatic heterocycles. The molecule has 0 fully saturated rings. The van der Waals surface area contributed by atoms with Gasteiger partial charge < -0.3 is 10.1 Å². The summed E-state index contributed by atoms with van der Waals surface area (Å²) in [4.78, 5) is 41.4. The van der Waals surface area contributed by atoms with Crippen LogP contribution in [0.1, 0.15) is 23.1 Å². The van der Waals surface area contributed by atoms with E-state index in [2.05, 4.69) is 15.3 Å². The fraction of sp³-hybridized carbons (Fsp3) is 0.200. The third-order valence-electron chi connectivity index (χ3n) is 3.05. The Bertz CT molecular complexity index is 825. The van der Waals surface area contributed by atoms with Gasteiger partial charge in [-0.15, -0.1) is 0 Å². The number of amides is 1. The standard InChI is InChI=1S/C15H13FN4O5/c1-8-6-18-12(7-17-8)15(22)25-9(2)14(21)19-10-3-4-11(16)13(5-10)20(23)24/h3-7,9H,1-2H3,(H,19,21)/t9-/m1/s1. The first-order chi connectivity index (χ1) is 11.8. The summed E-state index contributed by atoms with van der Waals surface area (Å²) in [5, 5.41) is 13.0. The third kappa shape index (κ3) is 4.53. The second-order valence-corrected chi connectivity index (χ2v) is 5.00. The Balaban J connectivity index is 2.03. The monoisotopic (exact) mass is 348 g/mol. The average Bonchev–Trinajstić information content (AvgIpc) is 2.56. The van der Waals surface area contributed by atoms with Crippen molar-refractivity contribution in [2.24, 2.45) is 0 Å². The van der Waals surface area contributed by atoms with Crippen LogP contribution in [0.2, 0.25) is 0 Å². The molecule has 0 saturated carbocycles. The van der Waals surface area contributed by atoms with Crippen molar-refractivity contribution in [3.8, 4) is 0 Å². The Morgan fingerprint density at radius 1 is 1.32 bits per heavy atom. The molecule has 0 aliphatic carbocycles. The van der Waals surface area contributed by atoms with Crippen LogP contribution in [-0.2, 0) is 9.53 Å². The van der Waals surface area contributed by atoms with Gasteiger partial charge in [0.25, 0.3) is 5.91 Å². The van der Waals surface area contributed by atoms with Crippen LogP contribution in [0.15, 0.2) is 30.6 Å². The van der Waals surface area contributed by atoms with Crippen LogP contribution >= 0.6 is 0 Å². The highest BCUT2D eigenvalue weighted by Gasteiger charge is 2.21. The fourth-order valence-electron chi connectivity index (χ4n) is 1.75. The highest BCUT2D eigenvalue weighted by Crippen LogP contribution is 2.21. The maximum Gasteiger partial charge on any atom is 0.359 e. The highest BCUT2D eigenvalue weighted by atomic mass is 19.1. The van der Waals surface area contributed by atoms with Crippen LogP contribution < -0.4 is 5.32 Å². The molecular formula is C15H13FN4O5. The van der Waals surface area contributed by atoms with Gasteiger partial charge >= 0.3 is 11.7 Å². The van der Waals surface area contributed by atoms with Gasteiger partial charge in [-0.1, -0.05) is 0 Å². The van der Waals surface area contributed by atoms with Gasteiger partial charge in [-0.3, -0.25) is 19.9 Å². The second kappa shape index (κ2) is 7.43. The van der Waals surface area contributed by atoms with Crippen LogP contribution in [0.25, 0.3) is 0 Å². The van der Waals surface area contributed by atoms with Crippen LogP contribution in [0.4, 0.5) is 15.8 Å². The van der Waals surface area contributed by atoms with E-state index < -0.39 is 34.4 Å². The minimum absolute atomic E-state index is 0.00359. The number of nitro groups is 1. The number of halogens is 1. The van der Waals surface area contributed by atoms with Crippen LogP contribution in [0, 0.1) is 22.9 Å². The number of hydrogen-bond acceptors (Lipinski definition) is 7. The molecule has 1 N–H and O–H groups in total. The van der Waals surface area contributed by atoms with Crippen molar-refractivity contribution >= 4 is 23.3 Å². The van der Waals surface area contributed by atoms with E-state index in [4.69, 9.17) is 4.74 Å². The number of aryl methyl sites for hydroxylation is 1. The number of nitrogens with zero attached hydrogens (tertiary/aromatic N) is 3. The number of nitrogens with one attached hydrogen (secondary N) is 1. The number of rotatable bonds is 5. The normalized spacial score (nSPS) is 11.5. The molecule has 0 unspecified atom stereocenters. The highest BCUT2D eigenvalue weighted by molar-refractivity contribution is 5.96. The molecule has 1 heterocycles. The van der Waals surface area contributed by atoms with Gasteiger partial charge in [-0.05, 0) is 26.0 Å². The van der Waals surface area contributed by atoms with E-state index in [1.807, 2.05) is 0 Å². The summed E-state index contributed by atoms with van der Waals surface area (Å²) in [6, 6.07) is 2.87. The van der Waals surface area contributed by atoms with E-state index in [-0.39, 0.29) is 11.4 Å². The molecule has 25 heavy (non-hydrogen) atoms. The molecule has 0 aliphatic rings. The van der Waals surface area contributed by atoms with Crippen LogP contribution in [0.5, 0.6) is 0 Å². The Hall–Kier alpha value is -3.43. The number of benzene rings is 1. The van der Waals surface area contributed by atoms with E-state index in [9.17, 15) is 24.1 Å². The average molecular weight is 348 g/mol. The molecule has 1 amide bonds. The zero-order valence-electron chi connectivity index (χ0n) is 13.2. The minimum Gasteiger partial charge on any atom is -0.448 e. The molecular weight excluding hydrogens is 335 g/mol. The van der Waals surface area contributed by atoms with Crippen molar-refractivity contribution in [1.29, 1.82) is 0 Å². The fourth-order valence-corrected chi connectivity index (χ4v) is 1.75. The molecule has 9 nitrogen and oxygen atoms in total. The minimum atomic E-state index is -1.21. The lowest BCUT2D eigenvalue weighted by molar-refractivity contribution is -0.387. The summed E-state index contributed by atoms with van der Waals surface area (Å²) >= 11 is 0. The number of carbonyl (C=O) groups is 2. The van der Waals surface area contributed by atoms with E-state index in [0.717, 1.165) is 18.2 Å². The van der Waals surface area contributed by atoms with Gasteiger partial charge in [0.15, 0.2) is 11.8 Å². The van der Waals surface area contributed by atoms with E-state index >= 15 is 0 Å². The van der Waals surface area contributed by atoms with Crippen molar-refractivity contribution in [1.82, 2.24) is 9.97 Å². The molecule has 2 aromatic rings. The van der Waals surface area contributed by atoms with Crippen LogP contribution in [-0.4, -0.2) is 32.9 Å². The molecule has 1 aromatic carbocycles. The smallest absolute Gasteiger partial charge is 0.359 e. The molecule has 0 bridgehead atoms. The number of aromatic nitrogens is 2. The summed E-state index contributed by atoms with van der Waals surface area (Å²) in [7, 11) is 0. The molecule has 1 aromatic heterocycles. The first-order valence-electron chi connectivity index (χ1n) is 7.02. The van der Waals surface area contributed by atoms with E-state index in [1.54, 1.807) is 6.92 Å². The lowest BCUT2D eigenvalue weighted by atomic mass is 10.2. The van der Waals surface area contributed by atoms with E-state index in [1.165, 1.54) is 19.3 Å². The largest absolute Gasteiger partial charge is 0.448 e. The van der Waals surface area contributed by atoms with Gasteiger partial charge in [-0.25, -0.2) is 9.78 Å². The van der Waals surface area contributed by atoms with Crippen molar-refractivity contribution < 1.29 is 23.6 Å². The van der Waals surface area contributed by atoms with Gasteiger partial charge in [0.05, 0.1) is 16.8 Å². The summed E-state index contributed by atoms with van der Waals surface area (Å²) in [6.07, 6.45) is 1.38. The zero-order valence-corrected chi connectivity index (χ0v) is 13.2. The van der Waals surface area contributed by atoms with Gasteiger partial charge in [0, 0.05) is 18.0 Å². The molecule has 0 saturated heterocycles. The SMILES string of the molecule is Cc1cnc(C(=O)O[C@H](C)C(=O)Nc2ccc(F)c([N+](=O)[O-])c2)cn1. The third-order valence-corrected chi connectivity index (χ3v) is 3.05. The van der Waals surface area contributed by atoms with Gasteiger partial charge in [-0.2, -0.15) is 4.39 Å². The number of anilines is 1. The quantitative estimate of drug-likeness (QED) is 0.498. The number of hydrogen-bond donors (Lipinski definition) is 1. The Labute approximate surface area is 141 Å². The zero-order chi connectivity index (χ0) is 18.6. The summed E-state index contributed by atoms with van der Waals surface area (Å²) in [5.41, 5.74) is -0.239. The van der Waals surface area contributed by atoms with Crippen molar-refractivity contribution in [2.45, 2.75) is 20.0 Å². The lowest BCUT2D eigenvalue weighted by Crippen LogP contribution is -2.30. The molecule has 0 radical (unpaired) electrons. The molecule has 2 rings (SSSR count). The summed E-state index contributed by atoms with van der Waals surface area (Å²) in [6.45, 7) is 3.01. The first-order valence-corrected chi connectivity index (χ1v) is 7.02. The number of nitro benzene ring substituents is 1. The van der Waals surface area contributed by atoms with Crippen molar-refractivity contribution in [3.63, 3.8) is 0 Å². The van der Waals surface area contributed by atoms with Crippen LogP contribution in [0.3, 0.4) is 0 Å². The maximum absolute atomic E-state index is 13.3. The lowest BCUT2D eigenvalue weighted by Gasteiger charge is -2.13. The predicted molar refractivity (Wildman–Crippen MR) is 83.3 cm³/mol. The van der Waals surface area contributed by atoms with Gasteiger partial charge in [0.2, 0.25) is 5.82 Å². The maximum atomic E-state index is 13.3. The topological polar surface area (TPSA) is 124 Å². The number of esters is 1. The summed E-state index contributed by atoms with van der Waals surface area (Å²) in [5.74, 6) is -2.62. The Morgan fingerprint density at radius 3 is 2.64 bits per heavy atom. The number of carbonyl (C=O) groups excluding carboxylic acids is 2. The van der Waals surface area contributed by atoms with Crippen molar-refractivity contribution in [3.05, 3.63) is 57.9 Å². The molecule has 130 valence electrons.